The van der Waals surface area contributed by atoms with Crippen molar-refractivity contribution in [3.8, 4) is 11.8 Å². The molecule has 1 aromatic heterocycles. The smallest absolute Gasteiger partial charge is 0.266 e. The van der Waals surface area contributed by atoms with Gasteiger partial charge in [-0.05, 0) is 32.0 Å². The summed E-state index contributed by atoms with van der Waals surface area (Å²) in [5.74, 6) is 5.59. The van der Waals surface area contributed by atoms with E-state index in [2.05, 4.69) is 16.8 Å². The Kier molecular flexibility index (Phi) is 4.53. The highest BCUT2D eigenvalue weighted by Crippen LogP contribution is 2.17. The zero-order valence-corrected chi connectivity index (χ0v) is 14.7. The zero-order valence-electron chi connectivity index (χ0n) is 14.7. The largest absolute Gasteiger partial charge is 0.378 e. The number of imidazole rings is 1. The first-order chi connectivity index (χ1) is 12.2. The third-order valence-corrected chi connectivity index (χ3v) is 4.03. The van der Waals surface area contributed by atoms with Gasteiger partial charge in [-0.2, -0.15) is 0 Å². The number of rotatable bonds is 2. The lowest BCUT2D eigenvalue weighted by Crippen LogP contribution is -2.39. The van der Waals surface area contributed by atoms with Gasteiger partial charge in [-0.1, -0.05) is 17.9 Å². The van der Waals surface area contributed by atoms with Gasteiger partial charge in [0, 0.05) is 24.2 Å². The van der Waals surface area contributed by atoms with E-state index >= 15 is 0 Å². The Hall–Kier alpha value is -3.11. The molecule has 134 valence electrons. The highest BCUT2D eigenvalue weighted by Gasteiger charge is 2.25. The standard InChI is InChI=1S/C19H20N4O3/c1-19(2,26)7-6-13-4-3-5-14(10-13)18(25)22-8-9-23-15(17(20)24)11-21-16(23)12-22/h3-5,10-11,26H,8-9,12H2,1-2H3,(H2,20,24). The minimum absolute atomic E-state index is 0.133. The van der Waals surface area contributed by atoms with E-state index in [4.69, 9.17) is 5.73 Å². The first-order valence-electron chi connectivity index (χ1n) is 8.24. The van der Waals surface area contributed by atoms with Gasteiger partial charge in [0.1, 0.15) is 17.1 Å². The molecule has 0 bridgehead atoms. The maximum atomic E-state index is 12.8. The summed E-state index contributed by atoms with van der Waals surface area (Å²) in [7, 11) is 0. The fourth-order valence-corrected chi connectivity index (χ4v) is 2.77. The number of hydrogen-bond acceptors (Lipinski definition) is 4. The molecule has 0 unspecified atom stereocenters. The van der Waals surface area contributed by atoms with Crippen molar-refractivity contribution in [3.05, 3.63) is 53.1 Å². The minimum atomic E-state index is -1.10. The molecular weight excluding hydrogens is 332 g/mol. The third kappa shape index (κ3) is 3.76. The number of aliphatic hydroxyl groups is 1. The number of primary amides is 1. The van der Waals surface area contributed by atoms with Crippen LogP contribution in [0.15, 0.2) is 30.5 Å². The second-order valence-electron chi connectivity index (χ2n) is 6.69. The van der Waals surface area contributed by atoms with Gasteiger partial charge < -0.3 is 20.3 Å². The fourth-order valence-electron chi connectivity index (χ4n) is 2.77. The van der Waals surface area contributed by atoms with E-state index in [1.54, 1.807) is 47.6 Å². The molecule has 0 radical (unpaired) electrons. The van der Waals surface area contributed by atoms with E-state index in [0.717, 1.165) is 0 Å². The summed E-state index contributed by atoms with van der Waals surface area (Å²) in [4.78, 5) is 30.1. The average molecular weight is 352 g/mol. The van der Waals surface area contributed by atoms with Gasteiger partial charge in [-0.15, -0.1) is 0 Å². The number of nitrogens with zero attached hydrogens (tertiary/aromatic N) is 3. The highest BCUT2D eigenvalue weighted by atomic mass is 16.3. The first kappa shape index (κ1) is 17.7. The number of amides is 2. The number of aromatic nitrogens is 2. The summed E-state index contributed by atoms with van der Waals surface area (Å²) in [6.45, 7) is 4.45. The quantitative estimate of drug-likeness (QED) is 0.779. The normalized spacial score (nSPS) is 13.6. The molecule has 2 heterocycles. The highest BCUT2D eigenvalue weighted by molar-refractivity contribution is 5.95. The predicted molar refractivity (Wildman–Crippen MR) is 95.1 cm³/mol. The van der Waals surface area contributed by atoms with Gasteiger partial charge in [0.25, 0.3) is 11.8 Å². The second-order valence-corrected chi connectivity index (χ2v) is 6.69. The van der Waals surface area contributed by atoms with Crippen LogP contribution in [0, 0.1) is 11.8 Å². The van der Waals surface area contributed by atoms with E-state index in [-0.39, 0.29) is 5.91 Å². The summed E-state index contributed by atoms with van der Waals surface area (Å²) >= 11 is 0. The van der Waals surface area contributed by atoms with Crippen LogP contribution in [0.3, 0.4) is 0 Å². The van der Waals surface area contributed by atoms with Gasteiger partial charge in [-0.25, -0.2) is 4.98 Å². The van der Waals surface area contributed by atoms with Crippen LogP contribution in [0.5, 0.6) is 0 Å². The number of carbonyl (C=O) groups is 2. The van der Waals surface area contributed by atoms with Gasteiger partial charge in [-0.3, -0.25) is 9.59 Å². The van der Waals surface area contributed by atoms with E-state index in [1.165, 1.54) is 6.20 Å². The molecular formula is C19H20N4O3. The van der Waals surface area contributed by atoms with Crippen LogP contribution in [0.4, 0.5) is 0 Å². The second kappa shape index (κ2) is 6.65. The Labute approximate surface area is 151 Å². The monoisotopic (exact) mass is 352 g/mol. The molecule has 3 rings (SSSR count). The van der Waals surface area contributed by atoms with Crippen molar-refractivity contribution in [1.29, 1.82) is 0 Å². The Bertz CT molecular complexity index is 928. The zero-order chi connectivity index (χ0) is 18.9. The van der Waals surface area contributed by atoms with E-state index in [0.29, 0.717) is 42.3 Å². The predicted octanol–water partition coefficient (Wildman–Crippen LogP) is 0.760. The van der Waals surface area contributed by atoms with Crippen LogP contribution in [0.2, 0.25) is 0 Å². The minimum Gasteiger partial charge on any atom is -0.378 e. The maximum Gasteiger partial charge on any atom is 0.266 e. The number of carbonyl (C=O) groups excluding carboxylic acids is 2. The van der Waals surface area contributed by atoms with Crippen molar-refractivity contribution >= 4 is 11.8 Å². The molecule has 2 aromatic rings. The number of hydrogen-bond donors (Lipinski definition) is 2. The van der Waals surface area contributed by atoms with Crippen LogP contribution >= 0.6 is 0 Å². The Morgan fingerprint density at radius 3 is 2.77 bits per heavy atom. The summed E-state index contributed by atoms with van der Waals surface area (Å²) < 4.78 is 1.75. The van der Waals surface area contributed by atoms with Crippen LogP contribution in [0.25, 0.3) is 0 Å². The topological polar surface area (TPSA) is 101 Å². The Balaban J connectivity index is 1.80. The molecule has 0 saturated heterocycles. The lowest BCUT2D eigenvalue weighted by Gasteiger charge is -2.28. The van der Waals surface area contributed by atoms with Crippen LogP contribution in [-0.2, 0) is 13.1 Å². The summed E-state index contributed by atoms with van der Waals surface area (Å²) in [5, 5.41) is 9.70. The van der Waals surface area contributed by atoms with Gasteiger partial charge in [0.15, 0.2) is 0 Å². The Morgan fingerprint density at radius 2 is 2.08 bits per heavy atom. The summed E-state index contributed by atoms with van der Waals surface area (Å²) in [5.41, 5.74) is 5.77. The van der Waals surface area contributed by atoms with E-state index in [1.807, 2.05) is 0 Å². The number of fused-ring (bicyclic) bond motifs is 1. The molecule has 7 nitrogen and oxygen atoms in total. The summed E-state index contributed by atoms with van der Waals surface area (Å²) in [6, 6.07) is 6.99. The molecule has 1 aliphatic rings. The summed E-state index contributed by atoms with van der Waals surface area (Å²) in [6.07, 6.45) is 1.44. The van der Waals surface area contributed by atoms with Crippen LogP contribution < -0.4 is 5.73 Å². The lowest BCUT2D eigenvalue weighted by molar-refractivity contribution is 0.0706. The Morgan fingerprint density at radius 1 is 1.31 bits per heavy atom. The molecule has 0 saturated carbocycles. The average Bonchev–Trinajstić information content (AvgIpc) is 3.02. The molecule has 1 aromatic carbocycles. The molecule has 2 amide bonds. The van der Waals surface area contributed by atoms with Crippen molar-refractivity contribution < 1.29 is 14.7 Å². The van der Waals surface area contributed by atoms with E-state index < -0.39 is 11.5 Å². The van der Waals surface area contributed by atoms with E-state index in [9.17, 15) is 14.7 Å². The van der Waals surface area contributed by atoms with Crippen molar-refractivity contribution in [3.63, 3.8) is 0 Å². The molecule has 3 N–H and O–H groups in total. The molecule has 7 heteroatoms. The van der Waals surface area contributed by atoms with Crippen molar-refractivity contribution in [2.45, 2.75) is 32.5 Å². The third-order valence-electron chi connectivity index (χ3n) is 4.03. The molecule has 0 atom stereocenters. The SMILES string of the molecule is CC(C)(O)C#Cc1cccc(C(=O)N2CCn3c(C(N)=O)cnc3C2)c1. The van der Waals surface area contributed by atoms with Crippen molar-refractivity contribution in [2.75, 3.05) is 6.54 Å². The molecule has 26 heavy (non-hydrogen) atoms. The van der Waals surface area contributed by atoms with Crippen LogP contribution in [0.1, 0.15) is 46.1 Å². The van der Waals surface area contributed by atoms with Crippen molar-refractivity contribution in [1.82, 2.24) is 14.5 Å². The van der Waals surface area contributed by atoms with Gasteiger partial charge in [0.05, 0.1) is 12.7 Å². The number of benzene rings is 1. The van der Waals surface area contributed by atoms with Gasteiger partial charge in [0.2, 0.25) is 0 Å². The molecule has 1 aliphatic heterocycles. The fraction of sp³-hybridized carbons (Fsp3) is 0.316. The number of nitrogens with two attached hydrogens (primary N) is 1. The maximum absolute atomic E-state index is 12.8. The molecule has 0 spiro atoms. The van der Waals surface area contributed by atoms with Gasteiger partial charge >= 0.3 is 0 Å². The first-order valence-corrected chi connectivity index (χ1v) is 8.24. The van der Waals surface area contributed by atoms with Crippen molar-refractivity contribution in [2.24, 2.45) is 5.73 Å². The molecule has 0 aliphatic carbocycles. The van der Waals surface area contributed by atoms with Crippen LogP contribution in [-0.4, -0.2) is 43.5 Å². The molecule has 0 fully saturated rings. The lowest BCUT2D eigenvalue weighted by atomic mass is 10.1.